The first-order valence-corrected chi connectivity index (χ1v) is 8.52. The van der Waals surface area contributed by atoms with Gasteiger partial charge >= 0.3 is 0 Å². The van der Waals surface area contributed by atoms with E-state index in [4.69, 9.17) is 10.8 Å². The first-order chi connectivity index (χ1) is 11.7. The number of fused-ring (bicyclic) bond motifs is 3. The Morgan fingerprint density at radius 3 is 2.92 bits per heavy atom. The number of benzene rings is 1. The molecule has 4 aromatic rings. The fraction of sp³-hybridized carbons (Fsp3) is 0.250. The lowest BCUT2D eigenvalue weighted by atomic mass is 10.2. The molecule has 0 aliphatic heterocycles. The van der Waals surface area contributed by atoms with Gasteiger partial charge in [-0.15, -0.1) is 16.4 Å². The van der Waals surface area contributed by atoms with E-state index in [-0.39, 0.29) is 6.61 Å². The largest absolute Gasteiger partial charge is 0.390 e. The van der Waals surface area contributed by atoms with Crippen molar-refractivity contribution in [2.24, 2.45) is 0 Å². The summed E-state index contributed by atoms with van der Waals surface area (Å²) in [6.45, 7) is 2.00. The predicted molar refractivity (Wildman–Crippen MR) is 94.2 cm³/mol. The van der Waals surface area contributed by atoms with Crippen LogP contribution in [-0.4, -0.2) is 30.1 Å². The number of pyridine rings is 1. The summed E-state index contributed by atoms with van der Waals surface area (Å²) in [6, 6.07) is 5.83. The number of aliphatic hydroxyl groups excluding tert-OH is 1. The van der Waals surface area contributed by atoms with E-state index in [1.165, 1.54) is 0 Å². The summed E-state index contributed by atoms with van der Waals surface area (Å²) in [6.07, 6.45) is 3.68. The van der Waals surface area contributed by atoms with Crippen molar-refractivity contribution in [1.82, 2.24) is 25.0 Å². The molecule has 24 heavy (non-hydrogen) atoms. The molecule has 7 nitrogen and oxygen atoms in total. The van der Waals surface area contributed by atoms with Crippen LogP contribution in [-0.2, 0) is 13.0 Å². The van der Waals surface area contributed by atoms with E-state index in [9.17, 15) is 0 Å². The fourth-order valence-electron chi connectivity index (χ4n) is 2.67. The SMILES string of the molecule is CCCc1nc2c(N)nc3ccc(-n4cc(CO)nn4)cc3c2s1. The number of aryl methyl sites for hydroxylation is 1. The van der Waals surface area contributed by atoms with Gasteiger partial charge in [0.2, 0.25) is 0 Å². The average Bonchev–Trinajstić information content (AvgIpc) is 3.22. The highest BCUT2D eigenvalue weighted by molar-refractivity contribution is 7.19. The summed E-state index contributed by atoms with van der Waals surface area (Å²) in [5.41, 5.74) is 9.06. The number of hydrogen-bond acceptors (Lipinski definition) is 7. The molecular weight excluding hydrogens is 324 g/mol. The molecule has 3 heterocycles. The van der Waals surface area contributed by atoms with Crippen LogP contribution in [0.15, 0.2) is 24.4 Å². The molecule has 0 radical (unpaired) electrons. The monoisotopic (exact) mass is 340 g/mol. The summed E-state index contributed by atoms with van der Waals surface area (Å²) in [5.74, 6) is 0.465. The molecule has 3 aromatic heterocycles. The van der Waals surface area contributed by atoms with Crippen LogP contribution in [0, 0.1) is 0 Å². The molecule has 1 aromatic carbocycles. The summed E-state index contributed by atoms with van der Waals surface area (Å²) < 4.78 is 2.69. The molecule has 3 N–H and O–H groups in total. The standard InChI is InChI=1S/C16H16N6OS/c1-2-3-13-19-14-15(24-13)11-6-10(4-5-12(11)18-16(14)17)22-7-9(8-23)20-21-22/h4-7,23H,2-3,8H2,1H3,(H2,17,18). The van der Waals surface area contributed by atoms with Crippen LogP contribution >= 0.6 is 11.3 Å². The van der Waals surface area contributed by atoms with E-state index in [0.717, 1.165) is 44.7 Å². The molecule has 0 aliphatic carbocycles. The second kappa shape index (κ2) is 5.81. The molecular formula is C16H16N6OS. The minimum absolute atomic E-state index is 0.134. The minimum atomic E-state index is -0.134. The van der Waals surface area contributed by atoms with Crippen molar-refractivity contribution < 1.29 is 5.11 Å². The highest BCUT2D eigenvalue weighted by atomic mass is 32.1. The zero-order valence-electron chi connectivity index (χ0n) is 13.1. The van der Waals surface area contributed by atoms with Crippen LogP contribution in [0.1, 0.15) is 24.0 Å². The van der Waals surface area contributed by atoms with Crippen LogP contribution in [0.3, 0.4) is 0 Å². The molecule has 0 atom stereocenters. The Hall–Kier alpha value is -2.58. The Kier molecular flexibility index (Phi) is 3.62. The van der Waals surface area contributed by atoms with E-state index in [2.05, 4.69) is 27.2 Å². The number of anilines is 1. The third-order valence-corrected chi connectivity index (χ3v) is 4.96. The Bertz CT molecular complexity index is 1040. The number of rotatable bonds is 4. The van der Waals surface area contributed by atoms with Gasteiger partial charge in [0.25, 0.3) is 0 Å². The van der Waals surface area contributed by atoms with Gasteiger partial charge in [0, 0.05) is 5.39 Å². The predicted octanol–water partition coefficient (Wildman–Crippen LogP) is 2.45. The van der Waals surface area contributed by atoms with Crippen molar-refractivity contribution in [1.29, 1.82) is 0 Å². The van der Waals surface area contributed by atoms with Gasteiger partial charge in [0.1, 0.15) is 11.2 Å². The molecule has 0 unspecified atom stereocenters. The van der Waals surface area contributed by atoms with Crippen molar-refractivity contribution in [2.45, 2.75) is 26.4 Å². The van der Waals surface area contributed by atoms with Crippen molar-refractivity contribution in [3.63, 3.8) is 0 Å². The second-order valence-electron chi connectivity index (χ2n) is 5.55. The zero-order chi connectivity index (χ0) is 16.7. The Labute approximate surface area is 141 Å². The normalized spacial score (nSPS) is 11.6. The molecule has 0 fully saturated rings. The van der Waals surface area contributed by atoms with Crippen molar-refractivity contribution in [3.05, 3.63) is 35.1 Å². The molecule has 0 spiro atoms. The topological polar surface area (TPSA) is 103 Å². The molecule has 0 bridgehead atoms. The Morgan fingerprint density at radius 1 is 1.29 bits per heavy atom. The zero-order valence-corrected chi connectivity index (χ0v) is 13.9. The summed E-state index contributed by atoms with van der Waals surface area (Å²) >= 11 is 1.66. The molecule has 0 saturated carbocycles. The van der Waals surface area contributed by atoms with Gasteiger partial charge in [-0.05, 0) is 31.0 Å². The highest BCUT2D eigenvalue weighted by Gasteiger charge is 2.13. The number of nitrogen functional groups attached to an aromatic ring is 1. The maximum atomic E-state index is 9.15. The van der Waals surface area contributed by atoms with Crippen LogP contribution in [0.2, 0.25) is 0 Å². The summed E-state index contributed by atoms with van der Waals surface area (Å²) in [4.78, 5) is 9.11. The summed E-state index contributed by atoms with van der Waals surface area (Å²) in [5, 5.41) is 19.2. The second-order valence-corrected chi connectivity index (χ2v) is 6.63. The van der Waals surface area contributed by atoms with Gasteiger partial charge in [0.15, 0.2) is 5.82 Å². The Morgan fingerprint density at radius 2 is 2.17 bits per heavy atom. The first kappa shape index (κ1) is 15.0. The maximum Gasteiger partial charge on any atom is 0.151 e. The van der Waals surface area contributed by atoms with Crippen molar-refractivity contribution in [2.75, 3.05) is 5.73 Å². The lowest BCUT2D eigenvalue weighted by Crippen LogP contribution is -1.97. The van der Waals surface area contributed by atoms with E-state index in [0.29, 0.717) is 11.5 Å². The molecule has 122 valence electrons. The van der Waals surface area contributed by atoms with E-state index in [1.807, 2.05) is 18.2 Å². The van der Waals surface area contributed by atoms with Crippen LogP contribution in [0.4, 0.5) is 5.82 Å². The van der Waals surface area contributed by atoms with Crippen LogP contribution in [0.25, 0.3) is 26.8 Å². The van der Waals surface area contributed by atoms with Gasteiger partial charge in [-0.1, -0.05) is 12.1 Å². The summed E-state index contributed by atoms with van der Waals surface area (Å²) in [7, 11) is 0. The van der Waals surface area contributed by atoms with Gasteiger partial charge in [-0.3, -0.25) is 0 Å². The number of nitrogens with two attached hydrogens (primary N) is 1. The van der Waals surface area contributed by atoms with Crippen LogP contribution < -0.4 is 5.73 Å². The molecule has 8 heteroatoms. The molecule has 0 saturated heterocycles. The number of hydrogen-bond donors (Lipinski definition) is 2. The quantitative estimate of drug-likeness (QED) is 0.591. The van der Waals surface area contributed by atoms with Gasteiger partial charge in [-0.25, -0.2) is 14.6 Å². The van der Waals surface area contributed by atoms with E-state index < -0.39 is 0 Å². The number of aliphatic hydroxyl groups is 1. The van der Waals surface area contributed by atoms with Crippen molar-refractivity contribution in [3.8, 4) is 5.69 Å². The lowest BCUT2D eigenvalue weighted by molar-refractivity contribution is 0.276. The average molecular weight is 340 g/mol. The molecule has 4 rings (SSSR count). The smallest absolute Gasteiger partial charge is 0.151 e. The first-order valence-electron chi connectivity index (χ1n) is 7.70. The van der Waals surface area contributed by atoms with Gasteiger partial charge in [0.05, 0.1) is 33.7 Å². The fourth-order valence-corrected chi connectivity index (χ4v) is 3.87. The third-order valence-electron chi connectivity index (χ3n) is 3.81. The third kappa shape index (κ3) is 2.40. The highest BCUT2D eigenvalue weighted by Crippen LogP contribution is 2.33. The lowest BCUT2D eigenvalue weighted by Gasteiger charge is -2.04. The number of thiazole rings is 1. The van der Waals surface area contributed by atoms with Gasteiger partial charge < -0.3 is 10.8 Å². The molecule has 0 amide bonds. The minimum Gasteiger partial charge on any atom is -0.390 e. The maximum absolute atomic E-state index is 9.15. The number of nitrogens with zero attached hydrogens (tertiary/aromatic N) is 5. The van der Waals surface area contributed by atoms with E-state index in [1.54, 1.807) is 22.2 Å². The van der Waals surface area contributed by atoms with E-state index >= 15 is 0 Å². The van der Waals surface area contributed by atoms with Crippen LogP contribution in [0.5, 0.6) is 0 Å². The molecule has 0 aliphatic rings. The van der Waals surface area contributed by atoms with Crippen molar-refractivity contribution >= 4 is 38.3 Å². The Balaban J connectivity index is 1.93. The number of aromatic nitrogens is 5. The van der Waals surface area contributed by atoms with Gasteiger partial charge in [-0.2, -0.15) is 0 Å².